The van der Waals surface area contributed by atoms with Crippen LogP contribution in [0.1, 0.15) is 11.1 Å². The highest BCUT2D eigenvalue weighted by Gasteiger charge is 2.25. The molecule has 0 fully saturated rings. The fraction of sp³-hybridized carbons (Fsp3) is 0. The summed E-state index contributed by atoms with van der Waals surface area (Å²) in [5, 5.41) is 31.2. The van der Waals surface area contributed by atoms with Crippen LogP contribution in [-0.2, 0) is 0 Å². The standard InChI is InChI=1S/C56H32N6/c57-33-35-32-52(62-46-26-14-10-22-42(46)56-50(62)30-28-48-54(56)40-20-8-12-24-44(40)60(48)38-17-5-2-6-18-38)36(34-58)31-51(35)61-45-25-13-9-21-41(45)55-49(61)29-27-47-53(55)39-19-7-11-23-43(39)59(47)37-15-3-1-4-16-37/h1-32H. The lowest BCUT2D eigenvalue weighted by molar-refractivity contribution is 1.12. The van der Waals surface area contributed by atoms with E-state index in [0.29, 0.717) is 22.5 Å². The normalized spacial score (nSPS) is 11.8. The maximum absolute atomic E-state index is 11.1. The minimum Gasteiger partial charge on any atom is -0.309 e. The number of fused-ring (bicyclic) bond motifs is 14. The first-order chi connectivity index (χ1) is 30.7. The molecule has 13 rings (SSSR count). The highest BCUT2D eigenvalue weighted by Crippen LogP contribution is 2.45. The number of para-hydroxylation sites is 6. The van der Waals surface area contributed by atoms with E-state index in [-0.39, 0.29) is 0 Å². The smallest absolute Gasteiger partial charge is 0.101 e. The predicted octanol–water partition coefficient (Wildman–Crippen LogP) is 13.8. The Morgan fingerprint density at radius 2 is 0.548 bits per heavy atom. The van der Waals surface area contributed by atoms with Crippen molar-refractivity contribution in [3.63, 3.8) is 0 Å². The van der Waals surface area contributed by atoms with Crippen LogP contribution in [-0.4, -0.2) is 18.3 Å². The van der Waals surface area contributed by atoms with Gasteiger partial charge in [0, 0.05) is 54.5 Å². The molecular weight excluding hydrogens is 757 g/mol. The van der Waals surface area contributed by atoms with Crippen LogP contribution < -0.4 is 0 Å². The van der Waals surface area contributed by atoms with Gasteiger partial charge in [0.1, 0.15) is 12.1 Å². The SMILES string of the molecule is N#Cc1cc(-n2c3ccccc3c3c4c5ccccc5n(-c5ccccc5)c4ccc32)c(C#N)cc1-n1c2ccccc2c2c3c4ccccc4n(-c4ccccc4)c3ccc21. The van der Waals surface area contributed by atoms with Crippen molar-refractivity contribution >= 4 is 87.2 Å². The van der Waals surface area contributed by atoms with Crippen molar-refractivity contribution in [1.29, 1.82) is 10.5 Å². The number of hydrogen-bond donors (Lipinski definition) is 0. The number of nitriles is 2. The fourth-order valence-electron chi connectivity index (χ4n) is 10.4. The van der Waals surface area contributed by atoms with E-state index in [4.69, 9.17) is 0 Å². The molecule has 62 heavy (non-hydrogen) atoms. The molecule has 0 bridgehead atoms. The Hall–Kier alpha value is -8.84. The number of hydrogen-bond acceptors (Lipinski definition) is 2. The molecule has 6 nitrogen and oxygen atoms in total. The van der Waals surface area contributed by atoms with Crippen molar-refractivity contribution in [3.05, 3.63) is 205 Å². The van der Waals surface area contributed by atoms with Crippen molar-refractivity contribution in [2.24, 2.45) is 0 Å². The van der Waals surface area contributed by atoms with Crippen molar-refractivity contribution in [3.8, 4) is 34.9 Å². The van der Waals surface area contributed by atoms with Crippen LogP contribution in [0.25, 0.3) is 110 Å². The van der Waals surface area contributed by atoms with Crippen molar-refractivity contribution < 1.29 is 0 Å². The molecule has 0 atom stereocenters. The predicted molar refractivity (Wildman–Crippen MR) is 253 cm³/mol. The summed E-state index contributed by atoms with van der Waals surface area (Å²) in [6.45, 7) is 0. The third-order valence-corrected chi connectivity index (χ3v) is 12.8. The Morgan fingerprint density at radius 3 is 0.871 bits per heavy atom. The Balaban J connectivity index is 1.10. The molecule has 6 heteroatoms. The van der Waals surface area contributed by atoms with Gasteiger partial charge in [-0.3, -0.25) is 0 Å². The van der Waals surface area contributed by atoms with Crippen LogP contribution in [0, 0.1) is 22.7 Å². The second kappa shape index (κ2) is 12.8. The molecule has 0 N–H and O–H groups in total. The Bertz CT molecular complexity index is 3840. The molecular formula is C56H32N6. The first-order valence-corrected chi connectivity index (χ1v) is 20.7. The lowest BCUT2D eigenvalue weighted by Gasteiger charge is -2.15. The Kier molecular flexibility index (Phi) is 7.05. The van der Waals surface area contributed by atoms with Gasteiger partial charge >= 0.3 is 0 Å². The van der Waals surface area contributed by atoms with Gasteiger partial charge in [0.05, 0.1) is 66.6 Å². The van der Waals surface area contributed by atoms with Gasteiger partial charge in [0.25, 0.3) is 0 Å². The largest absolute Gasteiger partial charge is 0.309 e. The van der Waals surface area contributed by atoms with Crippen molar-refractivity contribution in [2.45, 2.75) is 0 Å². The summed E-state index contributed by atoms with van der Waals surface area (Å²) < 4.78 is 9.02. The van der Waals surface area contributed by atoms with E-state index < -0.39 is 0 Å². The molecule has 0 aliphatic heterocycles. The quantitative estimate of drug-likeness (QED) is 0.178. The van der Waals surface area contributed by atoms with Crippen LogP contribution in [0.4, 0.5) is 0 Å². The molecule has 0 aliphatic rings. The lowest BCUT2D eigenvalue weighted by atomic mass is 10.0. The van der Waals surface area contributed by atoms with Gasteiger partial charge in [-0.25, -0.2) is 0 Å². The minimum absolute atomic E-state index is 0.473. The van der Waals surface area contributed by atoms with Crippen LogP contribution in [0.5, 0.6) is 0 Å². The Labute approximate surface area is 354 Å². The molecule has 0 saturated heterocycles. The van der Waals surface area contributed by atoms with Gasteiger partial charge in [-0.15, -0.1) is 0 Å². The summed E-state index contributed by atoms with van der Waals surface area (Å²) >= 11 is 0. The van der Waals surface area contributed by atoms with Crippen molar-refractivity contribution in [1.82, 2.24) is 18.3 Å². The molecule has 0 amide bonds. The van der Waals surface area contributed by atoms with Gasteiger partial charge in [-0.2, -0.15) is 10.5 Å². The molecule has 0 spiro atoms. The highest BCUT2D eigenvalue weighted by atomic mass is 15.0. The van der Waals surface area contributed by atoms with Crippen molar-refractivity contribution in [2.75, 3.05) is 0 Å². The molecule has 4 aromatic heterocycles. The number of rotatable bonds is 4. The molecule has 0 aliphatic carbocycles. The second-order valence-corrected chi connectivity index (χ2v) is 15.9. The summed E-state index contributed by atoms with van der Waals surface area (Å²) in [4.78, 5) is 0. The molecule has 0 radical (unpaired) electrons. The zero-order valence-corrected chi connectivity index (χ0v) is 33.2. The Morgan fingerprint density at radius 1 is 0.274 bits per heavy atom. The number of benzene rings is 9. The van der Waals surface area contributed by atoms with Gasteiger partial charge in [-0.1, -0.05) is 109 Å². The zero-order valence-electron chi connectivity index (χ0n) is 33.2. The van der Waals surface area contributed by atoms with E-state index in [1.54, 1.807) is 0 Å². The molecule has 9 aromatic carbocycles. The molecule has 0 saturated carbocycles. The van der Waals surface area contributed by atoms with Crippen LogP contribution in [0.2, 0.25) is 0 Å². The van der Waals surface area contributed by atoms with E-state index in [2.05, 4.69) is 188 Å². The van der Waals surface area contributed by atoms with E-state index >= 15 is 0 Å². The average Bonchev–Trinajstić information content (AvgIpc) is 4.06. The summed E-state index contributed by atoms with van der Waals surface area (Å²) in [6.07, 6.45) is 0. The maximum atomic E-state index is 11.1. The summed E-state index contributed by atoms with van der Waals surface area (Å²) in [6, 6.07) is 72.6. The van der Waals surface area contributed by atoms with E-state index in [9.17, 15) is 10.5 Å². The maximum Gasteiger partial charge on any atom is 0.101 e. The summed E-state index contributed by atoms with van der Waals surface area (Å²) in [5.41, 5.74) is 12.8. The second-order valence-electron chi connectivity index (χ2n) is 15.9. The van der Waals surface area contributed by atoms with Gasteiger partial charge in [-0.05, 0) is 84.9 Å². The van der Waals surface area contributed by atoms with Gasteiger partial charge < -0.3 is 18.3 Å². The third-order valence-electron chi connectivity index (χ3n) is 12.8. The van der Waals surface area contributed by atoms with Crippen LogP contribution >= 0.6 is 0 Å². The first-order valence-electron chi connectivity index (χ1n) is 20.7. The van der Waals surface area contributed by atoms with E-state index in [1.165, 1.54) is 0 Å². The molecule has 0 unspecified atom stereocenters. The van der Waals surface area contributed by atoms with Gasteiger partial charge in [0.2, 0.25) is 0 Å². The lowest BCUT2D eigenvalue weighted by Crippen LogP contribution is -2.04. The zero-order chi connectivity index (χ0) is 41.1. The monoisotopic (exact) mass is 788 g/mol. The number of nitrogens with zero attached hydrogens (tertiary/aromatic N) is 6. The number of aromatic nitrogens is 4. The summed E-state index contributed by atoms with van der Waals surface area (Å²) in [7, 11) is 0. The minimum atomic E-state index is 0.473. The third kappa shape index (κ3) is 4.50. The topological polar surface area (TPSA) is 67.3 Å². The summed E-state index contributed by atoms with van der Waals surface area (Å²) in [5.74, 6) is 0. The van der Waals surface area contributed by atoms with E-state index in [1.807, 2.05) is 36.4 Å². The van der Waals surface area contributed by atoms with E-state index in [0.717, 1.165) is 98.6 Å². The highest BCUT2D eigenvalue weighted by molar-refractivity contribution is 6.30. The van der Waals surface area contributed by atoms with Crippen LogP contribution in [0.15, 0.2) is 194 Å². The molecule has 13 aromatic rings. The molecule has 286 valence electrons. The fourth-order valence-corrected chi connectivity index (χ4v) is 10.4. The first kappa shape index (κ1) is 34.1. The van der Waals surface area contributed by atoms with Crippen LogP contribution in [0.3, 0.4) is 0 Å². The van der Waals surface area contributed by atoms with Gasteiger partial charge in [0.15, 0.2) is 0 Å². The molecule has 4 heterocycles. The average molecular weight is 789 g/mol.